The maximum absolute atomic E-state index is 14.2. The van der Waals surface area contributed by atoms with E-state index in [4.69, 9.17) is 11.6 Å². The van der Waals surface area contributed by atoms with Gasteiger partial charge in [-0.3, -0.25) is 4.79 Å². The Morgan fingerprint density at radius 2 is 2.08 bits per heavy atom. The molecular formula is C14H20Cl2FN3O3S. The Bertz CT molecular complexity index is 715. The summed E-state index contributed by atoms with van der Waals surface area (Å²) in [7, 11) is -4.04. The molecule has 1 amide bonds. The number of carbonyl (C=O) groups excluding carboxylic acids is 1. The van der Waals surface area contributed by atoms with Gasteiger partial charge < -0.3 is 10.6 Å². The smallest absolute Gasteiger partial charge is 0.243 e. The molecule has 0 bridgehead atoms. The molecular weight excluding hydrogens is 380 g/mol. The second-order valence-electron chi connectivity index (χ2n) is 5.64. The number of hydrogen-bond donors (Lipinski definition) is 3. The van der Waals surface area contributed by atoms with Gasteiger partial charge in [0.1, 0.15) is 10.7 Å². The van der Waals surface area contributed by atoms with Gasteiger partial charge in [0.2, 0.25) is 15.9 Å². The lowest BCUT2D eigenvalue weighted by atomic mass is 9.97. The third kappa shape index (κ3) is 5.03. The average molecular weight is 400 g/mol. The minimum absolute atomic E-state index is 0. The van der Waals surface area contributed by atoms with Crippen molar-refractivity contribution in [3.05, 3.63) is 23.0 Å². The Hall–Kier alpha value is -0.930. The minimum Gasteiger partial charge on any atom is -0.325 e. The van der Waals surface area contributed by atoms with Gasteiger partial charge in [0.25, 0.3) is 0 Å². The Morgan fingerprint density at radius 3 is 2.67 bits per heavy atom. The van der Waals surface area contributed by atoms with Gasteiger partial charge in [-0.25, -0.2) is 17.5 Å². The Labute approximate surface area is 152 Å². The zero-order valence-electron chi connectivity index (χ0n) is 13.2. The van der Waals surface area contributed by atoms with Crippen molar-refractivity contribution in [2.24, 2.45) is 5.92 Å². The van der Waals surface area contributed by atoms with Crippen molar-refractivity contribution in [1.29, 1.82) is 0 Å². The van der Waals surface area contributed by atoms with Crippen LogP contribution in [0.1, 0.15) is 20.3 Å². The average Bonchev–Trinajstić information content (AvgIpc) is 2.44. The number of piperidine rings is 1. The summed E-state index contributed by atoms with van der Waals surface area (Å²) in [6.07, 6.45) is 0.625. The molecule has 24 heavy (non-hydrogen) atoms. The molecule has 1 aromatic carbocycles. The molecule has 0 aromatic heterocycles. The lowest BCUT2D eigenvalue weighted by molar-refractivity contribution is -0.114. The van der Waals surface area contributed by atoms with Gasteiger partial charge in [-0.1, -0.05) is 18.5 Å². The molecule has 1 aliphatic heterocycles. The topological polar surface area (TPSA) is 87.3 Å². The van der Waals surface area contributed by atoms with Crippen LogP contribution in [0.3, 0.4) is 0 Å². The number of rotatable bonds is 4. The molecule has 0 aliphatic carbocycles. The van der Waals surface area contributed by atoms with Crippen LogP contribution in [0.2, 0.25) is 5.02 Å². The Kier molecular flexibility index (Phi) is 7.43. The number of amides is 1. The van der Waals surface area contributed by atoms with Crippen LogP contribution in [0.15, 0.2) is 17.0 Å². The number of benzene rings is 1. The summed E-state index contributed by atoms with van der Waals surface area (Å²) in [6.45, 7) is 4.56. The molecule has 1 aromatic rings. The Morgan fingerprint density at radius 1 is 1.42 bits per heavy atom. The van der Waals surface area contributed by atoms with Gasteiger partial charge in [-0.05, 0) is 31.5 Å². The summed E-state index contributed by atoms with van der Waals surface area (Å²) in [5, 5.41) is 5.47. The van der Waals surface area contributed by atoms with Crippen molar-refractivity contribution in [1.82, 2.24) is 10.0 Å². The predicted octanol–water partition coefficient (Wildman–Crippen LogP) is 2.14. The van der Waals surface area contributed by atoms with Crippen LogP contribution < -0.4 is 15.4 Å². The maximum atomic E-state index is 14.2. The zero-order valence-corrected chi connectivity index (χ0v) is 15.6. The van der Waals surface area contributed by atoms with Crippen LogP contribution in [-0.4, -0.2) is 33.5 Å². The summed E-state index contributed by atoms with van der Waals surface area (Å²) in [6, 6.07) is 1.65. The third-order valence-electron chi connectivity index (χ3n) is 3.71. The molecule has 2 atom stereocenters. The maximum Gasteiger partial charge on any atom is 0.243 e. The zero-order chi connectivity index (χ0) is 17.2. The molecule has 3 N–H and O–H groups in total. The van der Waals surface area contributed by atoms with Gasteiger partial charge in [-0.15, -0.1) is 12.4 Å². The van der Waals surface area contributed by atoms with E-state index in [1.54, 1.807) is 0 Å². The van der Waals surface area contributed by atoms with E-state index in [0.717, 1.165) is 12.1 Å². The SMILES string of the molecule is CC(=O)Nc1cc(F)c(S(=O)(=O)NC2CCNCC2C)cc1Cl.Cl. The second kappa shape index (κ2) is 8.44. The fourth-order valence-electron chi connectivity index (χ4n) is 2.47. The van der Waals surface area contributed by atoms with Crippen molar-refractivity contribution in [2.45, 2.75) is 31.2 Å². The highest BCUT2D eigenvalue weighted by Gasteiger charge is 2.29. The standard InChI is InChI=1S/C14H19ClFN3O3S.ClH/c1-8-7-17-4-3-12(8)19-23(21,22)14-5-10(15)13(6-11(14)16)18-9(2)20;/h5-6,8,12,17,19H,3-4,7H2,1-2H3,(H,18,20);1H. The minimum atomic E-state index is -4.04. The molecule has 6 nitrogen and oxygen atoms in total. The van der Waals surface area contributed by atoms with Crippen molar-refractivity contribution in [2.75, 3.05) is 18.4 Å². The molecule has 0 spiro atoms. The summed E-state index contributed by atoms with van der Waals surface area (Å²) in [5.41, 5.74) is 0.0332. The van der Waals surface area contributed by atoms with Gasteiger partial charge in [0.15, 0.2) is 0 Å². The van der Waals surface area contributed by atoms with Crippen molar-refractivity contribution >= 4 is 45.6 Å². The molecule has 2 unspecified atom stereocenters. The van der Waals surface area contributed by atoms with Crippen LogP contribution >= 0.6 is 24.0 Å². The quantitative estimate of drug-likeness (QED) is 0.723. The second-order valence-corrected chi connectivity index (χ2v) is 7.73. The first-order valence-corrected chi connectivity index (χ1v) is 9.06. The monoisotopic (exact) mass is 399 g/mol. The number of nitrogens with one attached hydrogen (secondary N) is 3. The number of hydrogen-bond acceptors (Lipinski definition) is 4. The van der Waals surface area contributed by atoms with E-state index >= 15 is 0 Å². The molecule has 0 saturated carbocycles. The molecule has 0 radical (unpaired) electrons. The Balaban J connectivity index is 0.00000288. The van der Waals surface area contributed by atoms with E-state index in [-0.39, 0.29) is 35.1 Å². The first-order chi connectivity index (χ1) is 10.7. The van der Waals surface area contributed by atoms with E-state index in [1.807, 2.05) is 6.92 Å². The van der Waals surface area contributed by atoms with Gasteiger partial charge >= 0.3 is 0 Å². The normalized spacial score (nSPS) is 21.0. The summed E-state index contributed by atoms with van der Waals surface area (Å²) in [5.74, 6) is -1.30. The van der Waals surface area contributed by atoms with Crippen molar-refractivity contribution in [3.8, 4) is 0 Å². The highest BCUT2D eigenvalue weighted by atomic mass is 35.5. The summed E-state index contributed by atoms with van der Waals surface area (Å²) >= 11 is 5.94. The summed E-state index contributed by atoms with van der Waals surface area (Å²) in [4.78, 5) is 10.5. The van der Waals surface area contributed by atoms with E-state index in [1.165, 1.54) is 6.92 Å². The van der Waals surface area contributed by atoms with Crippen molar-refractivity contribution in [3.63, 3.8) is 0 Å². The third-order valence-corrected chi connectivity index (χ3v) is 5.53. The number of carbonyl (C=O) groups is 1. The van der Waals surface area contributed by atoms with Crippen LogP contribution in [0.25, 0.3) is 0 Å². The molecule has 1 heterocycles. The molecule has 1 saturated heterocycles. The fraction of sp³-hybridized carbons (Fsp3) is 0.500. The molecule has 1 aliphatic rings. The molecule has 2 rings (SSSR count). The van der Waals surface area contributed by atoms with E-state index < -0.39 is 26.6 Å². The first-order valence-electron chi connectivity index (χ1n) is 7.20. The lowest BCUT2D eigenvalue weighted by Crippen LogP contribution is -2.48. The highest BCUT2D eigenvalue weighted by Crippen LogP contribution is 2.28. The van der Waals surface area contributed by atoms with Gasteiger partial charge in [-0.2, -0.15) is 0 Å². The fourth-order valence-corrected chi connectivity index (χ4v) is 4.21. The highest BCUT2D eigenvalue weighted by molar-refractivity contribution is 7.89. The van der Waals surface area contributed by atoms with Crippen LogP contribution in [0, 0.1) is 11.7 Å². The largest absolute Gasteiger partial charge is 0.325 e. The number of halogens is 3. The lowest BCUT2D eigenvalue weighted by Gasteiger charge is -2.30. The van der Waals surface area contributed by atoms with E-state index in [2.05, 4.69) is 15.4 Å². The number of sulfonamides is 1. The number of anilines is 1. The van der Waals surface area contributed by atoms with E-state index in [0.29, 0.717) is 19.5 Å². The molecule has 10 heteroatoms. The summed E-state index contributed by atoms with van der Waals surface area (Å²) < 4.78 is 41.6. The van der Waals surface area contributed by atoms with Crippen molar-refractivity contribution < 1.29 is 17.6 Å². The van der Waals surface area contributed by atoms with E-state index in [9.17, 15) is 17.6 Å². The van der Waals surface area contributed by atoms with Crippen LogP contribution in [0.5, 0.6) is 0 Å². The van der Waals surface area contributed by atoms with Gasteiger partial charge in [0.05, 0.1) is 10.7 Å². The molecule has 136 valence electrons. The van der Waals surface area contributed by atoms with Crippen LogP contribution in [0.4, 0.5) is 10.1 Å². The molecule has 1 fully saturated rings. The van der Waals surface area contributed by atoms with Gasteiger partial charge in [0, 0.05) is 19.0 Å². The van der Waals surface area contributed by atoms with Crippen LogP contribution in [-0.2, 0) is 14.8 Å². The predicted molar refractivity (Wildman–Crippen MR) is 93.7 cm³/mol. The first kappa shape index (κ1) is 21.1.